The average molecular weight is 190 g/mol. The van der Waals surface area contributed by atoms with E-state index in [0.717, 1.165) is 0 Å². The van der Waals surface area contributed by atoms with Crippen molar-refractivity contribution < 1.29 is 9.50 Å². The SMILES string of the molecule is N[C@H](CO)c1cc(F)cc(Cl)c1. The maximum absolute atomic E-state index is 12.7. The Kier molecular flexibility index (Phi) is 3.03. The lowest BCUT2D eigenvalue weighted by Gasteiger charge is -2.08. The molecule has 66 valence electrons. The van der Waals surface area contributed by atoms with Gasteiger partial charge >= 0.3 is 0 Å². The highest BCUT2D eigenvalue weighted by molar-refractivity contribution is 6.30. The molecule has 1 rings (SSSR count). The van der Waals surface area contributed by atoms with Crippen LogP contribution in [0.15, 0.2) is 18.2 Å². The molecule has 4 heteroatoms. The Morgan fingerprint density at radius 3 is 2.67 bits per heavy atom. The van der Waals surface area contributed by atoms with Gasteiger partial charge in [-0.05, 0) is 23.8 Å². The first-order valence-corrected chi connectivity index (χ1v) is 3.83. The molecule has 0 aliphatic carbocycles. The minimum atomic E-state index is -0.571. The zero-order valence-corrected chi connectivity index (χ0v) is 7.05. The van der Waals surface area contributed by atoms with Gasteiger partial charge in [0.15, 0.2) is 0 Å². The minimum absolute atomic E-state index is 0.222. The summed E-state index contributed by atoms with van der Waals surface area (Å²) in [6.07, 6.45) is 0. The summed E-state index contributed by atoms with van der Waals surface area (Å²) in [6, 6.07) is 3.41. The van der Waals surface area contributed by atoms with Crippen LogP contribution < -0.4 is 5.73 Å². The second kappa shape index (κ2) is 3.85. The Labute approximate surface area is 74.8 Å². The van der Waals surface area contributed by atoms with E-state index in [1.54, 1.807) is 0 Å². The summed E-state index contributed by atoms with van der Waals surface area (Å²) >= 11 is 5.57. The Balaban J connectivity index is 3.00. The fraction of sp³-hybridized carbons (Fsp3) is 0.250. The van der Waals surface area contributed by atoms with Crippen LogP contribution in [-0.4, -0.2) is 11.7 Å². The van der Waals surface area contributed by atoms with Crippen LogP contribution >= 0.6 is 11.6 Å². The molecule has 0 radical (unpaired) electrons. The molecule has 0 fully saturated rings. The number of benzene rings is 1. The highest BCUT2D eigenvalue weighted by atomic mass is 35.5. The summed E-state index contributed by atoms with van der Waals surface area (Å²) in [5.41, 5.74) is 5.96. The lowest BCUT2D eigenvalue weighted by atomic mass is 10.1. The van der Waals surface area contributed by atoms with Gasteiger partial charge in [-0.2, -0.15) is 0 Å². The molecule has 1 aromatic rings. The molecular formula is C8H9ClFNO. The molecule has 0 amide bonds. The van der Waals surface area contributed by atoms with Crippen molar-refractivity contribution >= 4 is 11.6 Å². The monoisotopic (exact) mass is 189 g/mol. The topological polar surface area (TPSA) is 46.2 Å². The van der Waals surface area contributed by atoms with Crippen LogP contribution in [-0.2, 0) is 0 Å². The van der Waals surface area contributed by atoms with E-state index in [-0.39, 0.29) is 11.6 Å². The Morgan fingerprint density at radius 1 is 1.50 bits per heavy atom. The van der Waals surface area contributed by atoms with Gasteiger partial charge < -0.3 is 10.8 Å². The molecule has 2 nitrogen and oxygen atoms in total. The van der Waals surface area contributed by atoms with Crippen molar-refractivity contribution in [2.24, 2.45) is 5.73 Å². The summed E-state index contributed by atoms with van der Waals surface area (Å²) < 4.78 is 12.7. The standard InChI is InChI=1S/C8H9ClFNO/c9-6-1-5(8(11)4-12)2-7(10)3-6/h1-3,8,12H,4,11H2/t8-/m1/s1. The number of rotatable bonds is 2. The van der Waals surface area contributed by atoms with E-state index >= 15 is 0 Å². The zero-order valence-electron chi connectivity index (χ0n) is 6.30. The van der Waals surface area contributed by atoms with Crippen LogP contribution in [0.2, 0.25) is 5.02 Å². The number of hydrogen-bond donors (Lipinski definition) is 2. The molecule has 0 spiro atoms. The second-order valence-corrected chi connectivity index (χ2v) is 2.93. The lowest BCUT2D eigenvalue weighted by Crippen LogP contribution is -2.14. The van der Waals surface area contributed by atoms with E-state index in [9.17, 15) is 4.39 Å². The first-order chi connectivity index (χ1) is 5.63. The summed E-state index contributed by atoms with van der Waals surface area (Å²) in [6.45, 7) is -0.222. The number of hydrogen-bond acceptors (Lipinski definition) is 2. The molecule has 1 atom stereocenters. The number of aliphatic hydroxyl groups excluding tert-OH is 1. The van der Waals surface area contributed by atoms with Crippen LogP contribution in [0.5, 0.6) is 0 Å². The van der Waals surface area contributed by atoms with Gasteiger partial charge in [-0.25, -0.2) is 4.39 Å². The smallest absolute Gasteiger partial charge is 0.125 e. The van der Waals surface area contributed by atoms with Crippen LogP contribution in [0.3, 0.4) is 0 Å². The van der Waals surface area contributed by atoms with E-state index in [1.165, 1.54) is 18.2 Å². The lowest BCUT2D eigenvalue weighted by molar-refractivity contribution is 0.268. The Bertz CT molecular complexity index is 260. The maximum atomic E-state index is 12.7. The highest BCUT2D eigenvalue weighted by Crippen LogP contribution is 2.18. The third-order valence-corrected chi connectivity index (χ3v) is 1.73. The third-order valence-electron chi connectivity index (χ3n) is 1.51. The predicted octanol–water partition coefficient (Wildman–Crippen LogP) is 1.47. The normalized spacial score (nSPS) is 13.0. The van der Waals surface area contributed by atoms with Gasteiger partial charge in [-0.1, -0.05) is 11.6 Å². The predicted molar refractivity (Wildman–Crippen MR) is 45.4 cm³/mol. The molecule has 0 aliphatic rings. The van der Waals surface area contributed by atoms with Crippen LogP contribution in [0.4, 0.5) is 4.39 Å². The van der Waals surface area contributed by atoms with Gasteiger partial charge in [0, 0.05) is 5.02 Å². The van der Waals surface area contributed by atoms with Crippen LogP contribution in [0.25, 0.3) is 0 Å². The molecule has 0 saturated heterocycles. The quantitative estimate of drug-likeness (QED) is 0.740. The third kappa shape index (κ3) is 2.17. The molecule has 0 unspecified atom stereocenters. The van der Waals surface area contributed by atoms with Crippen molar-refractivity contribution in [1.82, 2.24) is 0 Å². The number of halogens is 2. The van der Waals surface area contributed by atoms with Gasteiger partial charge in [0.05, 0.1) is 12.6 Å². The van der Waals surface area contributed by atoms with Gasteiger partial charge in [0.2, 0.25) is 0 Å². The van der Waals surface area contributed by atoms with Crippen LogP contribution in [0, 0.1) is 5.82 Å². The fourth-order valence-corrected chi connectivity index (χ4v) is 1.12. The molecular weight excluding hydrogens is 181 g/mol. The summed E-state index contributed by atoms with van der Waals surface area (Å²) in [7, 11) is 0. The molecule has 1 aromatic carbocycles. The second-order valence-electron chi connectivity index (χ2n) is 2.49. The molecule has 0 aromatic heterocycles. The molecule has 12 heavy (non-hydrogen) atoms. The number of nitrogens with two attached hydrogens (primary N) is 1. The van der Waals surface area contributed by atoms with E-state index in [1.807, 2.05) is 0 Å². The molecule has 0 saturated carbocycles. The van der Waals surface area contributed by atoms with Gasteiger partial charge in [0.1, 0.15) is 5.82 Å². The fourth-order valence-electron chi connectivity index (χ4n) is 0.895. The first kappa shape index (κ1) is 9.45. The highest BCUT2D eigenvalue weighted by Gasteiger charge is 2.06. The van der Waals surface area contributed by atoms with Gasteiger partial charge in [-0.3, -0.25) is 0 Å². The van der Waals surface area contributed by atoms with Crippen molar-refractivity contribution in [3.8, 4) is 0 Å². The van der Waals surface area contributed by atoms with E-state index in [4.69, 9.17) is 22.4 Å². The minimum Gasteiger partial charge on any atom is -0.394 e. The zero-order chi connectivity index (χ0) is 9.14. The Hall–Kier alpha value is -0.640. The molecule has 0 aliphatic heterocycles. The van der Waals surface area contributed by atoms with Crippen LogP contribution in [0.1, 0.15) is 11.6 Å². The van der Waals surface area contributed by atoms with Crippen molar-refractivity contribution in [2.45, 2.75) is 6.04 Å². The molecule has 0 bridgehead atoms. The number of aliphatic hydroxyl groups is 1. The van der Waals surface area contributed by atoms with Gasteiger partial charge in [0.25, 0.3) is 0 Å². The first-order valence-electron chi connectivity index (χ1n) is 3.46. The van der Waals surface area contributed by atoms with Crippen molar-refractivity contribution in [1.29, 1.82) is 0 Å². The van der Waals surface area contributed by atoms with E-state index in [2.05, 4.69) is 0 Å². The average Bonchev–Trinajstić information content (AvgIpc) is 2.01. The molecule has 0 heterocycles. The van der Waals surface area contributed by atoms with Crippen molar-refractivity contribution in [3.63, 3.8) is 0 Å². The largest absolute Gasteiger partial charge is 0.394 e. The van der Waals surface area contributed by atoms with Crippen molar-refractivity contribution in [3.05, 3.63) is 34.6 Å². The Morgan fingerprint density at radius 2 is 2.17 bits per heavy atom. The van der Waals surface area contributed by atoms with Gasteiger partial charge in [-0.15, -0.1) is 0 Å². The van der Waals surface area contributed by atoms with E-state index in [0.29, 0.717) is 5.56 Å². The van der Waals surface area contributed by atoms with E-state index < -0.39 is 11.9 Å². The summed E-state index contributed by atoms with van der Waals surface area (Å²) in [5.74, 6) is -0.443. The summed E-state index contributed by atoms with van der Waals surface area (Å²) in [5, 5.41) is 8.97. The molecule has 3 N–H and O–H groups in total. The summed E-state index contributed by atoms with van der Waals surface area (Å²) in [4.78, 5) is 0. The van der Waals surface area contributed by atoms with Crippen molar-refractivity contribution in [2.75, 3.05) is 6.61 Å². The maximum Gasteiger partial charge on any atom is 0.125 e.